The third-order valence-electron chi connectivity index (χ3n) is 2.35. The van der Waals surface area contributed by atoms with Crippen LogP contribution in [0.3, 0.4) is 0 Å². The first kappa shape index (κ1) is 12.8. The largest absolute Gasteiger partial charge is 0.450 e. The Kier molecular flexibility index (Phi) is 3.81. The van der Waals surface area contributed by atoms with E-state index in [1.807, 2.05) is 19.1 Å². The van der Waals surface area contributed by atoms with E-state index in [9.17, 15) is 10.1 Å². The van der Waals surface area contributed by atoms with Crippen molar-refractivity contribution < 1.29 is 9.66 Å². The fraction of sp³-hybridized carbons (Fsp3) is 0.0769. The molecule has 0 N–H and O–H groups in total. The van der Waals surface area contributed by atoms with Gasteiger partial charge in [-0.05, 0) is 65.4 Å². The SMILES string of the molecule is Cc1ccc(Oc2ccc(I)cc2)c([N+](=O)[O-])c1. The van der Waals surface area contributed by atoms with Crippen LogP contribution in [0.5, 0.6) is 11.5 Å². The summed E-state index contributed by atoms with van der Waals surface area (Å²) >= 11 is 2.19. The lowest BCUT2D eigenvalue weighted by molar-refractivity contribution is -0.385. The standard InChI is InChI=1S/C13H10INO3/c1-9-2-7-13(12(8-9)15(16)17)18-11-5-3-10(14)4-6-11/h2-8H,1H3. The predicted molar refractivity (Wildman–Crippen MR) is 77.1 cm³/mol. The van der Waals surface area contributed by atoms with Gasteiger partial charge in [-0.1, -0.05) is 6.07 Å². The molecule has 0 bridgehead atoms. The molecule has 0 unspecified atom stereocenters. The van der Waals surface area contributed by atoms with E-state index in [0.717, 1.165) is 9.13 Å². The van der Waals surface area contributed by atoms with E-state index in [2.05, 4.69) is 22.6 Å². The Balaban J connectivity index is 2.34. The second kappa shape index (κ2) is 5.34. The molecule has 2 aromatic rings. The van der Waals surface area contributed by atoms with Crippen LogP contribution in [0.2, 0.25) is 0 Å². The van der Waals surface area contributed by atoms with Crippen molar-refractivity contribution in [3.63, 3.8) is 0 Å². The van der Waals surface area contributed by atoms with E-state index in [1.54, 1.807) is 24.3 Å². The van der Waals surface area contributed by atoms with E-state index in [0.29, 0.717) is 5.75 Å². The first-order chi connectivity index (χ1) is 8.56. The van der Waals surface area contributed by atoms with Gasteiger partial charge in [-0.25, -0.2) is 0 Å². The van der Waals surface area contributed by atoms with Crippen molar-refractivity contribution in [1.82, 2.24) is 0 Å². The Labute approximate surface area is 118 Å². The van der Waals surface area contributed by atoms with Crippen LogP contribution in [0.25, 0.3) is 0 Å². The van der Waals surface area contributed by atoms with Crippen LogP contribution in [0, 0.1) is 20.6 Å². The molecule has 18 heavy (non-hydrogen) atoms. The molecule has 0 radical (unpaired) electrons. The van der Waals surface area contributed by atoms with Gasteiger partial charge in [-0.3, -0.25) is 10.1 Å². The third kappa shape index (κ3) is 2.98. The Bertz CT molecular complexity index is 581. The van der Waals surface area contributed by atoms with Gasteiger partial charge in [0.15, 0.2) is 0 Å². The normalized spacial score (nSPS) is 10.1. The minimum Gasteiger partial charge on any atom is -0.450 e. The minimum absolute atomic E-state index is 0.0199. The number of hydrogen-bond donors (Lipinski definition) is 0. The summed E-state index contributed by atoms with van der Waals surface area (Å²) in [7, 11) is 0. The van der Waals surface area contributed by atoms with Gasteiger partial charge in [-0.15, -0.1) is 0 Å². The van der Waals surface area contributed by atoms with Crippen molar-refractivity contribution in [1.29, 1.82) is 0 Å². The van der Waals surface area contributed by atoms with Crippen LogP contribution in [0.4, 0.5) is 5.69 Å². The molecule has 0 fully saturated rings. The molecular weight excluding hydrogens is 345 g/mol. The number of hydrogen-bond acceptors (Lipinski definition) is 3. The summed E-state index contributed by atoms with van der Waals surface area (Å²) in [6.45, 7) is 1.81. The molecule has 92 valence electrons. The Morgan fingerprint density at radius 3 is 2.44 bits per heavy atom. The van der Waals surface area contributed by atoms with Crippen LogP contribution >= 0.6 is 22.6 Å². The number of nitrogens with zero attached hydrogens (tertiary/aromatic N) is 1. The first-order valence-corrected chi connectivity index (χ1v) is 6.32. The zero-order chi connectivity index (χ0) is 13.1. The highest BCUT2D eigenvalue weighted by Gasteiger charge is 2.15. The molecule has 0 heterocycles. The lowest BCUT2D eigenvalue weighted by Crippen LogP contribution is -1.94. The molecule has 0 aliphatic rings. The van der Waals surface area contributed by atoms with Crippen LogP contribution in [0.15, 0.2) is 42.5 Å². The average molecular weight is 355 g/mol. The molecule has 4 nitrogen and oxygen atoms in total. The predicted octanol–water partition coefficient (Wildman–Crippen LogP) is 4.30. The first-order valence-electron chi connectivity index (χ1n) is 5.25. The zero-order valence-corrected chi connectivity index (χ0v) is 11.7. The number of aryl methyl sites for hydroxylation is 1. The van der Waals surface area contributed by atoms with Gasteiger partial charge in [-0.2, -0.15) is 0 Å². The Hall–Kier alpha value is -1.63. The fourth-order valence-electron chi connectivity index (χ4n) is 1.49. The lowest BCUT2D eigenvalue weighted by atomic mass is 10.2. The second-order valence-electron chi connectivity index (χ2n) is 3.78. The highest BCUT2D eigenvalue weighted by Crippen LogP contribution is 2.32. The number of nitro groups is 1. The summed E-state index contributed by atoms with van der Waals surface area (Å²) in [6, 6.07) is 12.2. The molecule has 0 spiro atoms. The maximum absolute atomic E-state index is 10.9. The topological polar surface area (TPSA) is 52.4 Å². The van der Waals surface area contributed by atoms with Crippen molar-refractivity contribution >= 4 is 28.3 Å². The second-order valence-corrected chi connectivity index (χ2v) is 5.03. The summed E-state index contributed by atoms with van der Waals surface area (Å²) in [5.74, 6) is 0.842. The smallest absolute Gasteiger partial charge is 0.311 e. The van der Waals surface area contributed by atoms with Crippen molar-refractivity contribution in [3.8, 4) is 11.5 Å². The summed E-state index contributed by atoms with van der Waals surface area (Å²) in [6.07, 6.45) is 0. The number of benzene rings is 2. The van der Waals surface area contributed by atoms with Crippen molar-refractivity contribution in [2.45, 2.75) is 6.92 Å². The Morgan fingerprint density at radius 2 is 1.83 bits per heavy atom. The molecule has 0 atom stereocenters. The van der Waals surface area contributed by atoms with Crippen LogP contribution in [-0.2, 0) is 0 Å². The van der Waals surface area contributed by atoms with E-state index in [-0.39, 0.29) is 11.4 Å². The lowest BCUT2D eigenvalue weighted by Gasteiger charge is -2.06. The van der Waals surface area contributed by atoms with E-state index in [1.165, 1.54) is 6.07 Å². The molecule has 2 rings (SSSR count). The van der Waals surface area contributed by atoms with Gasteiger partial charge in [0.2, 0.25) is 5.75 Å². The van der Waals surface area contributed by atoms with Crippen LogP contribution in [-0.4, -0.2) is 4.92 Å². The van der Waals surface area contributed by atoms with Gasteiger partial charge in [0.25, 0.3) is 0 Å². The molecule has 5 heteroatoms. The highest BCUT2D eigenvalue weighted by molar-refractivity contribution is 14.1. The maximum Gasteiger partial charge on any atom is 0.311 e. The van der Waals surface area contributed by atoms with Gasteiger partial charge in [0.05, 0.1) is 4.92 Å². The van der Waals surface area contributed by atoms with Crippen LogP contribution in [0.1, 0.15) is 5.56 Å². The molecule has 0 aliphatic carbocycles. The average Bonchev–Trinajstić information content (AvgIpc) is 2.34. The van der Waals surface area contributed by atoms with Crippen molar-refractivity contribution in [2.24, 2.45) is 0 Å². The summed E-state index contributed by atoms with van der Waals surface area (Å²) in [5.41, 5.74) is 0.810. The van der Waals surface area contributed by atoms with E-state index >= 15 is 0 Å². The molecule has 0 aromatic heterocycles. The molecule has 2 aromatic carbocycles. The van der Waals surface area contributed by atoms with E-state index < -0.39 is 4.92 Å². The number of halogens is 1. The zero-order valence-electron chi connectivity index (χ0n) is 9.59. The monoisotopic (exact) mass is 355 g/mol. The van der Waals surface area contributed by atoms with Gasteiger partial charge in [0, 0.05) is 9.64 Å². The number of rotatable bonds is 3. The minimum atomic E-state index is -0.435. The third-order valence-corrected chi connectivity index (χ3v) is 3.07. The molecule has 0 aliphatic heterocycles. The molecule has 0 saturated carbocycles. The highest BCUT2D eigenvalue weighted by atomic mass is 127. The Morgan fingerprint density at radius 1 is 1.17 bits per heavy atom. The molecular formula is C13H10INO3. The number of ether oxygens (including phenoxy) is 1. The fourth-order valence-corrected chi connectivity index (χ4v) is 1.85. The summed E-state index contributed by atoms with van der Waals surface area (Å²) in [4.78, 5) is 10.5. The van der Waals surface area contributed by atoms with Crippen molar-refractivity contribution in [3.05, 3.63) is 61.7 Å². The van der Waals surface area contributed by atoms with Gasteiger partial charge in [0.1, 0.15) is 5.75 Å². The van der Waals surface area contributed by atoms with Crippen LogP contribution < -0.4 is 4.74 Å². The summed E-state index contributed by atoms with van der Waals surface area (Å²) in [5, 5.41) is 10.9. The molecule has 0 amide bonds. The quantitative estimate of drug-likeness (QED) is 0.469. The van der Waals surface area contributed by atoms with Gasteiger partial charge >= 0.3 is 5.69 Å². The van der Waals surface area contributed by atoms with E-state index in [4.69, 9.17) is 4.74 Å². The molecule has 0 saturated heterocycles. The summed E-state index contributed by atoms with van der Waals surface area (Å²) < 4.78 is 6.62. The van der Waals surface area contributed by atoms with Crippen molar-refractivity contribution in [2.75, 3.05) is 0 Å². The maximum atomic E-state index is 10.9. The van der Waals surface area contributed by atoms with Gasteiger partial charge < -0.3 is 4.74 Å². The number of nitro benzene ring substituents is 1.